The summed E-state index contributed by atoms with van der Waals surface area (Å²) in [5.41, 5.74) is 0.988. The van der Waals surface area contributed by atoms with Crippen LogP contribution in [0.2, 0.25) is 5.15 Å². The zero-order valence-corrected chi connectivity index (χ0v) is 7.62. The minimum Gasteiger partial charge on any atom is -0.294 e. The van der Waals surface area contributed by atoms with E-state index in [1.54, 1.807) is 12.3 Å². The number of carbonyl (C=O) groups excluding carboxylic acids is 1. The molecule has 0 atom stereocenters. The van der Waals surface area contributed by atoms with Crippen LogP contribution < -0.4 is 0 Å². The molecule has 0 aliphatic heterocycles. The number of rotatable bonds is 1. The highest BCUT2D eigenvalue weighted by atomic mass is 35.5. The fraction of sp³-hybridized carbons (Fsp3) is 0.125. The lowest BCUT2D eigenvalue weighted by Gasteiger charge is -1.94. The van der Waals surface area contributed by atoms with Crippen molar-refractivity contribution >= 4 is 23.0 Å². The van der Waals surface area contributed by atoms with Crippen molar-refractivity contribution in [2.24, 2.45) is 0 Å². The van der Waals surface area contributed by atoms with Gasteiger partial charge in [-0.2, -0.15) is 5.10 Å². The van der Waals surface area contributed by atoms with Gasteiger partial charge in [0.05, 0.1) is 11.8 Å². The first-order valence-electron chi connectivity index (χ1n) is 3.69. The summed E-state index contributed by atoms with van der Waals surface area (Å²) in [6.07, 6.45) is 3.02. The van der Waals surface area contributed by atoms with Crippen LogP contribution in [0.15, 0.2) is 18.5 Å². The first-order valence-corrected chi connectivity index (χ1v) is 4.07. The van der Waals surface area contributed by atoms with Gasteiger partial charge in [0, 0.05) is 6.20 Å². The van der Waals surface area contributed by atoms with Gasteiger partial charge in [-0.3, -0.25) is 4.79 Å². The highest BCUT2D eigenvalue weighted by Gasteiger charge is 2.10. The maximum Gasteiger partial charge on any atom is 0.167 e. The van der Waals surface area contributed by atoms with Crippen LogP contribution in [-0.2, 0) is 0 Å². The molecule has 0 saturated carbocycles. The Kier molecular flexibility index (Phi) is 1.77. The number of fused-ring (bicyclic) bond motifs is 1. The minimum atomic E-state index is -0.0650. The van der Waals surface area contributed by atoms with E-state index < -0.39 is 0 Å². The molecule has 0 aromatic carbocycles. The average molecular weight is 196 g/mol. The second kappa shape index (κ2) is 2.81. The third kappa shape index (κ3) is 1.19. The molecule has 0 fully saturated rings. The predicted octanol–water partition coefficient (Wildman–Crippen LogP) is 1.59. The lowest BCUT2D eigenvalue weighted by atomic mass is 10.2. The van der Waals surface area contributed by atoms with Gasteiger partial charge in [0.15, 0.2) is 11.4 Å². The fourth-order valence-corrected chi connectivity index (χ4v) is 1.29. The van der Waals surface area contributed by atoms with Gasteiger partial charge >= 0.3 is 0 Å². The Labute approximate surface area is 79.2 Å². The van der Waals surface area contributed by atoms with Crippen molar-refractivity contribution in [3.05, 3.63) is 29.2 Å². The maximum absolute atomic E-state index is 11.1. The molecule has 2 heterocycles. The summed E-state index contributed by atoms with van der Waals surface area (Å²) in [5.74, 6) is -0.0650. The molecular formula is C8H6ClN3O. The minimum absolute atomic E-state index is 0.0650. The van der Waals surface area contributed by atoms with Crippen molar-refractivity contribution < 1.29 is 4.79 Å². The normalized spacial score (nSPS) is 10.6. The number of aromatic nitrogens is 3. The first kappa shape index (κ1) is 8.19. The summed E-state index contributed by atoms with van der Waals surface area (Å²) in [5, 5.41) is 4.38. The number of ketones is 1. The van der Waals surface area contributed by atoms with Crippen molar-refractivity contribution in [1.82, 2.24) is 14.6 Å². The van der Waals surface area contributed by atoms with E-state index in [4.69, 9.17) is 11.6 Å². The van der Waals surface area contributed by atoms with Crippen LogP contribution in [0.25, 0.3) is 5.65 Å². The summed E-state index contributed by atoms with van der Waals surface area (Å²) >= 11 is 5.82. The van der Waals surface area contributed by atoms with Crippen LogP contribution in [0, 0.1) is 0 Å². The maximum atomic E-state index is 11.1. The van der Waals surface area contributed by atoms with E-state index in [1.165, 1.54) is 17.6 Å². The van der Waals surface area contributed by atoms with Gasteiger partial charge in [-0.25, -0.2) is 9.50 Å². The van der Waals surface area contributed by atoms with E-state index in [-0.39, 0.29) is 5.78 Å². The van der Waals surface area contributed by atoms with E-state index in [9.17, 15) is 4.79 Å². The Morgan fingerprint density at radius 3 is 3.08 bits per heavy atom. The van der Waals surface area contributed by atoms with Gasteiger partial charge in [-0.1, -0.05) is 11.6 Å². The molecule has 0 bridgehead atoms. The van der Waals surface area contributed by atoms with Crippen molar-refractivity contribution in [3.8, 4) is 0 Å². The van der Waals surface area contributed by atoms with Crippen molar-refractivity contribution in [2.75, 3.05) is 0 Å². The second-order valence-electron chi connectivity index (χ2n) is 2.62. The molecule has 4 nitrogen and oxygen atoms in total. The molecule has 2 aromatic rings. The molecule has 66 valence electrons. The van der Waals surface area contributed by atoms with Crippen LogP contribution in [0.5, 0.6) is 0 Å². The lowest BCUT2D eigenvalue weighted by Crippen LogP contribution is -1.95. The van der Waals surface area contributed by atoms with Crippen LogP contribution in [0.4, 0.5) is 0 Å². The van der Waals surface area contributed by atoms with Gasteiger partial charge in [0.1, 0.15) is 5.15 Å². The number of hydrogen-bond donors (Lipinski definition) is 0. The van der Waals surface area contributed by atoms with Crippen LogP contribution in [-0.4, -0.2) is 20.4 Å². The summed E-state index contributed by atoms with van der Waals surface area (Å²) in [6, 6.07) is 1.62. The standard InChI is InChI=1S/C8H6ClN3O/c1-5(13)6-4-11-12-7(9)2-3-10-8(6)12/h2-4H,1H3. The third-order valence-corrected chi connectivity index (χ3v) is 2.02. The zero-order chi connectivity index (χ0) is 9.42. The predicted molar refractivity (Wildman–Crippen MR) is 48.0 cm³/mol. The molecule has 5 heteroatoms. The van der Waals surface area contributed by atoms with Crippen molar-refractivity contribution in [3.63, 3.8) is 0 Å². The molecule has 0 amide bonds. The third-order valence-electron chi connectivity index (χ3n) is 1.73. The lowest BCUT2D eigenvalue weighted by molar-refractivity contribution is 0.101. The first-order chi connectivity index (χ1) is 6.20. The van der Waals surface area contributed by atoms with E-state index in [1.807, 2.05) is 0 Å². The Morgan fingerprint density at radius 2 is 2.38 bits per heavy atom. The summed E-state index contributed by atoms with van der Waals surface area (Å²) in [7, 11) is 0. The molecular weight excluding hydrogens is 190 g/mol. The number of nitrogens with zero attached hydrogens (tertiary/aromatic N) is 3. The fourth-order valence-electron chi connectivity index (χ4n) is 1.11. The van der Waals surface area contributed by atoms with Gasteiger partial charge in [-0.05, 0) is 13.0 Å². The Balaban J connectivity index is 2.83. The SMILES string of the molecule is CC(=O)c1cnn2c(Cl)ccnc12. The monoisotopic (exact) mass is 195 g/mol. The molecule has 2 rings (SSSR count). The van der Waals surface area contributed by atoms with Gasteiger partial charge in [0.2, 0.25) is 0 Å². The Bertz CT molecular complexity index is 477. The molecule has 0 aliphatic carbocycles. The van der Waals surface area contributed by atoms with Crippen molar-refractivity contribution in [1.29, 1.82) is 0 Å². The molecule has 0 unspecified atom stereocenters. The van der Waals surface area contributed by atoms with Crippen LogP contribution >= 0.6 is 11.6 Å². The molecule has 0 radical (unpaired) electrons. The van der Waals surface area contributed by atoms with E-state index in [2.05, 4.69) is 10.1 Å². The summed E-state index contributed by atoms with van der Waals surface area (Å²) in [4.78, 5) is 15.1. The highest BCUT2D eigenvalue weighted by Crippen LogP contribution is 2.13. The molecule has 0 N–H and O–H groups in total. The molecule has 0 saturated heterocycles. The topological polar surface area (TPSA) is 47.3 Å². The highest BCUT2D eigenvalue weighted by molar-refractivity contribution is 6.29. The van der Waals surface area contributed by atoms with E-state index in [0.29, 0.717) is 16.4 Å². The van der Waals surface area contributed by atoms with Gasteiger partial charge < -0.3 is 0 Å². The number of hydrogen-bond acceptors (Lipinski definition) is 3. The number of carbonyl (C=O) groups is 1. The number of Topliss-reactive ketones (excluding diaryl/α,β-unsaturated/α-hetero) is 1. The second-order valence-corrected chi connectivity index (χ2v) is 3.00. The zero-order valence-electron chi connectivity index (χ0n) is 6.86. The number of halogens is 1. The molecule has 2 aromatic heterocycles. The Hall–Kier alpha value is -1.42. The smallest absolute Gasteiger partial charge is 0.167 e. The molecule has 0 spiro atoms. The Morgan fingerprint density at radius 1 is 1.62 bits per heavy atom. The largest absolute Gasteiger partial charge is 0.294 e. The van der Waals surface area contributed by atoms with E-state index in [0.717, 1.165) is 0 Å². The molecule has 13 heavy (non-hydrogen) atoms. The average Bonchev–Trinajstić information content (AvgIpc) is 2.48. The quantitative estimate of drug-likeness (QED) is 0.513. The van der Waals surface area contributed by atoms with Crippen LogP contribution in [0.1, 0.15) is 17.3 Å². The van der Waals surface area contributed by atoms with Crippen LogP contribution in [0.3, 0.4) is 0 Å². The summed E-state index contributed by atoms with van der Waals surface area (Å²) in [6.45, 7) is 1.47. The van der Waals surface area contributed by atoms with Crippen molar-refractivity contribution in [2.45, 2.75) is 6.92 Å². The van der Waals surface area contributed by atoms with E-state index >= 15 is 0 Å². The van der Waals surface area contributed by atoms with Gasteiger partial charge in [-0.15, -0.1) is 0 Å². The molecule has 0 aliphatic rings. The summed E-state index contributed by atoms with van der Waals surface area (Å²) < 4.78 is 1.43. The van der Waals surface area contributed by atoms with Gasteiger partial charge in [0.25, 0.3) is 0 Å².